The van der Waals surface area contributed by atoms with Gasteiger partial charge in [-0.15, -0.1) is 0 Å². The van der Waals surface area contributed by atoms with E-state index in [1.54, 1.807) is 6.92 Å². The van der Waals surface area contributed by atoms with Crippen molar-refractivity contribution in [1.29, 1.82) is 0 Å². The van der Waals surface area contributed by atoms with Crippen molar-refractivity contribution in [2.45, 2.75) is 69.1 Å². The molecule has 11 heteroatoms. The van der Waals surface area contributed by atoms with Crippen LogP contribution < -0.4 is 5.32 Å². The number of nitrogens with one attached hydrogen (secondary N) is 1. The number of carbonyl (C=O) groups excluding carboxylic acids is 1. The molecule has 38 heavy (non-hydrogen) atoms. The van der Waals surface area contributed by atoms with E-state index in [4.69, 9.17) is 4.74 Å². The summed E-state index contributed by atoms with van der Waals surface area (Å²) >= 11 is 0. The van der Waals surface area contributed by atoms with Crippen LogP contribution in [0.15, 0.2) is 42.5 Å². The van der Waals surface area contributed by atoms with Crippen LogP contribution in [-0.4, -0.2) is 42.1 Å². The summed E-state index contributed by atoms with van der Waals surface area (Å²) < 4.78 is 97.7. The van der Waals surface area contributed by atoms with Gasteiger partial charge in [-0.05, 0) is 93.1 Å². The van der Waals surface area contributed by atoms with Gasteiger partial charge in [-0.2, -0.15) is 26.3 Å². The normalized spacial score (nSPS) is 23.8. The molecule has 2 aliphatic heterocycles. The largest absolute Gasteiger partial charge is 0.416 e. The summed E-state index contributed by atoms with van der Waals surface area (Å²) in [6.45, 7) is 3.02. The van der Waals surface area contributed by atoms with E-state index >= 15 is 0 Å². The lowest BCUT2D eigenvalue weighted by Crippen LogP contribution is -2.54. The van der Waals surface area contributed by atoms with Crippen LogP contribution in [0.1, 0.15) is 60.8 Å². The van der Waals surface area contributed by atoms with E-state index < -0.39 is 41.5 Å². The van der Waals surface area contributed by atoms with Gasteiger partial charge in [0.05, 0.1) is 17.7 Å². The number of hydrogen-bond donors (Lipinski definition) is 1. The van der Waals surface area contributed by atoms with Crippen LogP contribution >= 0.6 is 0 Å². The second kappa shape index (κ2) is 10.8. The Labute approximate surface area is 216 Å². The second-order valence-electron chi connectivity index (χ2n) is 10.2. The lowest BCUT2D eigenvalue weighted by atomic mass is 9.87. The molecule has 0 bridgehead atoms. The predicted octanol–water partition coefficient (Wildman–Crippen LogP) is 6.30. The van der Waals surface area contributed by atoms with Crippen molar-refractivity contribution >= 4 is 5.91 Å². The van der Waals surface area contributed by atoms with Crippen molar-refractivity contribution < 1.29 is 40.3 Å². The van der Waals surface area contributed by atoms with Gasteiger partial charge < -0.3 is 10.1 Å². The molecule has 0 spiro atoms. The molecule has 0 unspecified atom stereocenters. The zero-order chi connectivity index (χ0) is 27.7. The minimum Gasteiger partial charge on any atom is -0.364 e. The van der Waals surface area contributed by atoms with E-state index in [1.165, 1.54) is 12.1 Å². The Morgan fingerprint density at radius 2 is 1.55 bits per heavy atom. The summed E-state index contributed by atoms with van der Waals surface area (Å²) in [5.74, 6) is -0.503. The Morgan fingerprint density at radius 3 is 2.05 bits per heavy atom. The first-order chi connectivity index (χ1) is 17.7. The van der Waals surface area contributed by atoms with E-state index in [-0.39, 0.29) is 30.1 Å². The van der Waals surface area contributed by atoms with Gasteiger partial charge in [0.1, 0.15) is 11.4 Å². The molecule has 0 radical (unpaired) electrons. The van der Waals surface area contributed by atoms with Gasteiger partial charge in [0.15, 0.2) is 0 Å². The third kappa shape index (κ3) is 6.66. The van der Waals surface area contributed by atoms with Crippen LogP contribution in [-0.2, 0) is 28.4 Å². The second-order valence-corrected chi connectivity index (χ2v) is 10.2. The van der Waals surface area contributed by atoms with Crippen molar-refractivity contribution in [1.82, 2.24) is 10.2 Å². The first-order valence-electron chi connectivity index (χ1n) is 12.4. The van der Waals surface area contributed by atoms with Crippen molar-refractivity contribution in [2.24, 2.45) is 0 Å². The predicted molar refractivity (Wildman–Crippen MR) is 126 cm³/mol. The van der Waals surface area contributed by atoms with Gasteiger partial charge >= 0.3 is 12.4 Å². The number of halogens is 7. The van der Waals surface area contributed by atoms with Gasteiger partial charge in [-0.1, -0.05) is 12.1 Å². The smallest absolute Gasteiger partial charge is 0.364 e. The fourth-order valence-corrected chi connectivity index (χ4v) is 5.17. The molecule has 4 rings (SSSR count). The van der Waals surface area contributed by atoms with Gasteiger partial charge in [0, 0.05) is 12.6 Å². The number of amides is 1. The first kappa shape index (κ1) is 28.4. The fourth-order valence-electron chi connectivity index (χ4n) is 5.17. The summed E-state index contributed by atoms with van der Waals surface area (Å²) in [4.78, 5) is 15.1. The average molecular weight is 547 g/mol. The summed E-state index contributed by atoms with van der Waals surface area (Å²) in [6.07, 6.45) is -7.07. The molecule has 2 atom stereocenters. The van der Waals surface area contributed by atoms with Gasteiger partial charge in [-0.3, -0.25) is 9.69 Å². The minimum atomic E-state index is -4.96. The zero-order valence-electron chi connectivity index (χ0n) is 20.8. The highest BCUT2D eigenvalue weighted by Crippen LogP contribution is 2.37. The van der Waals surface area contributed by atoms with Gasteiger partial charge in [-0.25, -0.2) is 4.39 Å². The third-order valence-electron chi connectivity index (χ3n) is 7.52. The Bertz CT molecular complexity index is 1080. The molecule has 1 N–H and O–H groups in total. The number of benzene rings is 2. The lowest BCUT2D eigenvalue weighted by Gasteiger charge is -2.43. The molecule has 208 valence electrons. The fraction of sp³-hybridized carbons (Fsp3) is 0.519. The molecule has 0 aliphatic carbocycles. The average Bonchev–Trinajstić information content (AvgIpc) is 2.87. The van der Waals surface area contributed by atoms with Crippen LogP contribution in [0.2, 0.25) is 0 Å². The molecule has 2 saturated heterocycles. The van der Waals surface area contributed by atoms with Crippen LogP contribution in [0.3, 0.4) is 0 Å². The van der Waals surface area contributed by atoms with E-state index in [2.05, 4.69) is 10.2 Å². The van der Waals surface area contributed by atoms with Crippen molar-refractivity contribution in [3.8, 4) is 0 Å². The standard InChI is InChI=1S/C27H29F7N2O2/c1-25(24(37)35-15-17-12-20(26(29,30)31)14-21(13-17)27(32,33)34)9-6-23(16-38-25)36-10-7-19(8-11-36)18-2-4-22(28)5-3-18/h2-5,12-14,19,23H,6-11,15-16H2,1H3,(H,35,37)/t23-,25-/m1/s1. The molecule has 2 heterocycles. The number of nitrogens with zero attached hydrogens (tertiary/aromatic N) is 1. The number of piperidine rings is 1. The molecule has 2 fully saturated rings. The summed E-state index contributed by atoms with van der Waals surface area (Å²) in [6, 6.07) is 7.91. The molecule has 2 aliphatic rings. The van der Waals surface area contributed by atoms with Crippen LogP contribution in [0.4, 0.5) is 30.7 Å². The van der Waals surface area contributed by atoms with E-state index in [1.807, 2.05) is 12.1 Å². The maximum Gasteiger partial charge on any atom is 0.416 e. The SMILES string of the molecule is C[C@]1(C(=O)NCc2cc(C(F)(F)F)cc(C(F)(F)F)c2)CC[C@@H](N2CCC(c3ccc(F)cc3)CC2)CO1. The van der Waals surface area contributed by atoms with E-state index in [9.17, 15) is 35.5 Å². The van der Waals surface area contributed by atoms with Gasteiger partial charge in [0.2, 0.25) is 0 Å². The number of rotatable bonds is 5. The maximum atomic E-state index is 13.2. The molecule has 1 amide bonds. The van der Waals surface area contributed by atoms with Crippen LogP contribution in [0.5, 0.6) is 0 Å². The topological polar surface area (TPSA) is 41.6 Å². The van der Waals surface area contributed by atoms with Crippen LogP contribution in [0, 0.1) is 5.82 Å². The zero-order valence-corrected chi connectivity index (χ0v) is 20.8. The number of carbonyl (C=O) groups is 1. The highest BCUT2D eigenvalue weighted by Gasteiger charge is 2.41. The van der Waals surface area contributed by atoms with E-state index in [0.29, 0.717) is 30.9 Å². The number of likely N-dealkylation sites (tertiary alicyclic amines) is 1. The van der Waals surface area contributed by atoms with E-state index in [0.717, 1.165) is 31.5 Å². The third-order valence-corrected chi connectivity index (χ3v) is 7.52. The summed E-state index contributed by atoms with van der Waals surface area (Å²) in [5.41, 5.74) is -3.29. The van der Waals surface area contributed by atoms with Crippen molar-refractivity contribution in [2.75, 3.05) is 19.7 Å². The maximum absolute atomic E-state index is 13.2. The molecular formula is C27H29F7N2O2. The molecular weight excluding hydrogens is 517 g/mol. The summed E-state index contributed by atoms with van der Waals surface area (Å²) in [7, 11) is 0. The Morgan fingerprint density at radius 1 is 0.974 bits per heavy atom. The minimum absolute atomic E-state index is 0.0550. The van der Waals surface area contributed by atoms with Crippen molar-refractivity contribution in [3.05, 3.63) is 70.5 Å². The Kier molecular flexibility index (Phi) is 8.09. The number of hydrogen-bond acceptors (Lipinski definition) is 3. The molecule has 4 nitrogen and oxygen atoms in total. The molecule has 2 aromatic rings. The first-order valence-corrected chi connectivity index (χ1v) is 12.4. The summed E-state index contributed by atoms with van der Waals surface area (Å²) in [5, 5.41) is 2.45. The lowest BCUT2D eigenvalue weighted by molar-refractivity contribution is -0.157. The highest BCUT2D eigenvalue weighted by molar-refractivity contribution is 5.84. The van der Waals surface area contributed by atoms with Gasteiger partial charge in [0.25, 0.3) is 5.91 Å². The Hall–Kier alpha value is -2.66. The Balaban J connectivity index is 1.31. The molecule has 2 aromatic carbocycles. The van der Waals surface area contributed by atoms with Crippen LogP contribution in [0.25, 0.3) is 0 Å². The number of ether oxygens (including phenoxy) is 1. The molecule has 0 saturated carbocycles. The molecule has 0 aromatic heterocycles. The van der Waals surface area contributed by atoms with Crippen molar-refractivity contribution in [3.63, 3.8) is 0 Å². The quantitative estimate of drug-likeness (QED) is 0.448. The highest BCUT2D eigenvalue weighted by atomic mass is 19.4. The monoisotopic (exact) mass is 546 g/mol. The number of alkyl halides is 6.